The van der Waals surface area contributed by atoms with Gasteiger partial charge in [0.2, 0.25) is 5.91 Å². The SMILES string of the molecule is CC1CC(C(=O)NC2(C(=O)O)CCC2)CCN1. The number of carboxylic acids is 1. The van der Waals surface area contributed by atoms with Crippen molar-refractivity contribution in [3.63, 3.8) is 0 Å². The molecule has 2 atom stereocenters. The third-order valence-electron chi connectivity index (χ3n) is 3.97. The molecule has 2 unspecified atom stereocenters. The van der Waals surface area contributed by atoms with Crippen LogP contribution in [0.1, 0.15) is 39.0 Å². The van der Waals surface area contributed by atoms with Gasteiger partial charge in [-0.15, -0.1) is 0 Å². The zero-order valence-corrected chi connectivity index (χ0v) is 10.2. The lowest BCUT2D eigenvalue weighted by Crippen LogP contribution is -2.60. The summed E-state index contributed by atoms with van der Waals surface area (Å²) in [5, 5.41) is 15.2. The molecule has 96 valence electrons. The van der Waals surface area contributed by atoms with E-state index >= 15 is 0 Å². The fourth-order valence-corrected chi connectivity index (χ4v) is 2.63. The average molecular weight is 240 g/mol. The number of hydrogen-bond donors (Lipinski definition) is 3. The van der Waals surface area contributed by atoms with Crippen LogP contribution in [0.3, 0.4) is 0 Å². The summed E-state index contributed by atoms with van der Waals surface area (Å²) in [4.78, 5) is 23.2. The zero-order valence-electron chi connectivity index (χ0n) is 10.2. The van der Waals surface area contributed by atoms with Crippen LogP contribution in [0.15, 0.2) is 0 Å². The van der Waals surface area contributed by atoms with Crippen molar-refractivity contribution in [2.45, 2.75) is 50.6 Å². The van der Waals surface area contributed by atoms with E-state index in [4.69, 9.17) is 5.11 Å². The van der Waals surface area contributed by atoms with Gasteiger partial charge in [0.05, 0.1) is 0 Å². The number of carbonyl (C=O) groups excluding carboxylic acids is 1. The van der Waals surface area contributed by atoms with Crippen LogP contribution in [0.25, 0.3) is 0 Å². The first kappa shape index (κ1) is 12.4. The first-order valence-corrected chi connectivity index (χ1v) is 6.32. The van der Waals surface area contributed by atoms with Gasteiger partial charge in [0.15, 0.2) is 0 Å². The van der Waals surface area contributed by atoms with Gasteiger partial charge in [-0.1, -0.05) is 0 Å². The van der Waals surface area contributed by atoms with Gasteiger partial charge in [0.25, 0.3) is 0 Å². The lowest BCUT2D eigenvalue weighted by molar-refractivity contribution is -0.152. The molecule has 0 bridgehead atoms. The molecule has 1 aliphatic heterocycles. The summed E-state index contributed by atoms with van der Waals surface area (Å²) in [5.41, 5.74) is -0.967. The number of aliphatic carboxylic acids is 1. The molecule has 0 aromatic rings. The summed E-state index contributed by atoms with van der Waals surface area (Å²) < 4.78 is 0. The van der Waals surface area contributed by atoms with Gasteiger partial charge in [-0.3, -0.25) is 4.79 Å². The molecule has 2 rings (SSSR count). The standard InChI is InChI=1S/C12H20N2O3/c1-8-7-9(3-6-13-8)10(15)14-12(11(16)17)4-2-5-12/h8-9,13H,2-7H2,1H3,(H,14,15)(H,16,17). The maximum absolute atomic E-state index is 12.1. The van der Waals surface area contributed by atoms with Crippen LogP contribution in [-0.4, -0.2) is 35.1 Å². The lowest BCUT2D eigenvalue weighted by Gasteiger charge is -2.40. The fourth-order valence-electron chi connectivity index (χ4n) is 2.63. The second kappa shape index (κ2) is 4.64. The van der Waals surface area contributed by atoms with Gasteiger partial charge in [-0.25, -0.2) is 4.79 Å². The Balaban J connectivity index is 1.94. The number of nitrogens with one attached hydrogen (secondary N) is 2. The Morgan fingerprint density at radius 3 is 2.59 bits per heavy atom. The molecule has 1 saturated carbocycles. The second-order valence-corrected chi connectivity index (χ2v) is 5.31. The number of amides is 1. The average Bonchev–Trinajstić information content (AvgIpc) is 2.22. The normalized spacial score (nSPS) is 31.4. The Morgan fingerprint density at radius 2 is 2.12 bits per heavy atom. The molecule has 1 saturated heterocycles. The quantitative estimate of drug-likeness (QED) is 0.671. The van der Waals surface area contributed by atoms with Gasteiger partial charge < -0.3 is 15.7 Å². The van der Waals surface area contributed by atoms with Crippen molar-refractivity contribution in [2.24, 2.45) is 5.92 Å². The second-order valence-electron chi connectivity index (χ2n) is 5.31. The molecule has 0 aromatic carbocycles. The van der Waals surface area contributed by atoms with Gasteiger partial charge in [0.1, 0.15) is 5.54 Å². The number of rotatable bonds is 3. The Hall–Kier alpha value is -1.10. The predicted octanol–water partition coefficient (Wildman–Crippen LogP) is 0.498. The first-order chi connectivity index (χ1) is 8.03. The molecule has 17 heavy (non-hydrogen) atoms. The van der Waals surface area contributed by atoms with Crippen LogP contribution >= 0.6 is 0 Å². The van der Waals surface area contributed by atoms with E-state index < -0.39 is 11.5 Å². The predicted molar refractivity (Wildman–Crippen MR) is 62.5 cm³/mol. The summed E-state index contributed by atoms with van der Waals surface area (Å²) in [6, 6.07) is 0.335. The van der Waals surface area contributed by atoms with Crippen molar-refractivity contribution in [1.82, 2.24) is 10.6 Å². The van der Waals surface area contributed by atoms with Crippen molar-refractivity contribution in [3.05, 3.63) is 0 Å². The van der Waals surface area contributed by atoms with Crippen molar-refractivity contribution in [1.29, 1.82) is 0 Å². The fraction of sp³-hybridized carbons (Fsp3) is 0.833. The molecule has 0 spiro atoms. The minimum absolute atomic E-state index is 0.0388. The summed E-state index contributed by atoms with van der Waals surface area (Å²) in [7, 11) is 0. The highest BCUT2D eigenvalue weighted by atomic mass is 16.4. The van der Waals surface area contributed by atoms with Crippen molar-refractivity contribution < 1.29 is 14.7 Å². The minimum Gasteiger partial charge on any atom is -0.480 e. The van der Waals surface area contributed by atoms with E-state index in [1.807, 2.05) is 0 Å². The Morgan fingerprint density at radius 1 is 1.41 bits per heavy atom. The van der Waals surface area contributed by atoms with Gasteiger partial charge in [0, 0.05) is 12.0 Å². The number of piperidine rings is 1. The summed E-state index contributed by atoms with van der Waals surface area (Å²) in [6.45, 7) is 2.88. The third kappa shape index (κ3) is 2.44. The Labute approximate surface area is 101 Å². The van der Waals surface area contributed by atoms with E-state index in [0.29, 0.717) is 18.9 Å². The van der Waals surface area contributed by atoms with E-state index in [1.54, 1.807) is 0 Å². The van der Waals surface area contributed by atoms with Crippen molar-refractivity contribution in [3.8, 4) is 0 Å². The molecule has 5 heteroatoms. The summed E-state index contributed by atoms with van der Waals surface area (Å²) in [5.74, 6) is -1.01. The van der Waals surface area contributed by atoms with E-state index in [-0.39, 0.29) is 11.8 Å². The Kier molecular flexibility index (Phi) is 3.38. The molecule has 2 fully saturated rings. The van der Waals surface area contributed by atoms with Crippen molar-refractivity contribution >= 4 is 11.9 Å². The molecular weight excluding hydrogens is 220 g/mol. The molecule has 5 nitrogen and oxygen atoms in total. The van der Waals surface area contributed by atoms with Gasteiger partial charge in [-0.2, -0.15) is 0 Å². The molecule has 1 heterocycles. The summed E-state index contributed by atoms with van der Waals surface area (Å²) in [6.07, 6.45) is 3.60. The third-order valence-corrected chi connectivity index (χ3v) is 3.97. The van der Waals surface area contributed by atoms with Crippen LogP contribution in [-0.2, 0) is 9.59 Å². The van der Waals surface area contributed by atoms with E-state index in [1.165, 1.54) is 0 Å². The van der Waals surface area contributed by atoms with Gasteiger partial charge >= 0.3 is 5.97 Å². The molecular formula is C12H20N2O3. The lowest BCUT2D eigenvalue weighted by atomic mass is 9.76. The molecule has 0 radical (unpaired) electrons. The van der Waals surface area contributed by atoms with Crippen LogP contribution < -0.4 is 10.6 Å². The monoisotopic (exact) mass is 240 g/mol. The largest absolute Gasteiger partial charge is 0.480 e. The van der Waals surface area contributed by atoms with Crippen LogP contribution in [0.5, 0.6) is 0 Å². The number of carbonyl (C=O) groups is 2. The highest BCUT2D eigenvalue weighted by Gasteiger charge is 2.46. The van der Waals surface area contributed by atoms with Crippen LogP contribution in [0.2, 0.25) is 0 Å². The van der Waals surface area contributed by atoms with Crippen LogP contribution in [0.4, 0.5) is 0 Å². The smallest absolute Gasteiger partial charge is 0.329 e. The number of hydrogen-bond acceptors (Lipinski definition) is 3. The zero-order chi connectivity index (χ0) is 12.5. The van der Waals surface area contributed by atoms with E-state index in [0.717, 1.165) is 25.8 Å². The molecule has 1 aliphatic carbocycles. The maximum atomic E-state index is 12.1. The van der Waals surface area contributed by atoms with E-state index in [2.05, 4.69) is 17.6 Å². The highest BCUT2D eigenvalue weighted by molar-refractivity contribution is 5.88. The first-order valence-electron chi connectivity index (χ1n) is 6.32. The van der Waals surface area contributed by atoms with E-state index in [9.17, 15) is 9.59 Å². The Bertz CT molecular complexity index is 326. The van der Waals surface area contributed by atoms with Crippen molar-refractivity contribution in [2.75, 3.05) is 6.54 Å². The molecule has 0 aromatic heterocycles. The minimum atomic E-state index is -0.967. The van der Waals surface area contributed by atoms with Crippen LogP contribution in [0, 0.1) is 5.92 Å². The highest BCUT2D eigenvalue weighted by Crippen LogP contribution is 2.32. The summed E-state index contributed by atoms with van der Waals surface area (Å²) >= 11 is 0. The molecule has 3 N–H and O–H groups in total. The molecule has 1 amide bonds. The topological polar surface area (TPSA) is 78.4 Å². The maximum Gasteiger partial charge on any atom is 0.329 e. The molecule has 2 aliphatic rings. The number of carboxylic acid groups (broad SMARTS) is 1. The van der Waals surface area contributed by atoms with Gasteiger partial charge in [-0.05, 0) is 45.6 Å².